The SMILES string of the molecule is CO[C@H](C(=O)N[C@]1(OC)C(=O)N2C(C(=O)O)=C(CO)CS[C@@H]21)c1cccs1. The minimum atomic E-state index is -1.70. The molecule has 1 aromatic rings. The number of methoxy groups -OCH3 is 2. The molecule has 27 heavy (non-hydrogen) atoms. The fourth-order valence-corrected chi connectivity index (χ4v) is 5.33. The van der Waals surface area contributed by atoms with Crippen molar-refractivity contribution < 1.29 is 34.1 Å². The maximum atomic E-state index is 12.8. The van der Waals surface area contributed by atoms with Crippen molar-refractivity contribution in [3.63, 3.8) is 0 Å². The summed E-state index contributed by atoms with van der Waals surface area (Å²) in [5.41, 5.74) is -1.73. The van der Waals surface area contributed by atoms with Crippen LogP contribution in [0.1, 0.15) is 11.0 Å². The molecule has 2 aliphatic rings. The molecule has 1 aromatic heterocycles. The summed E-state index contributed by atoms with van der Waals surface area (Å²) in [7, 11) is 2.65. The standard InChI is InChI=1S/C16H18N2O7S2/c1-24-11(9-4-3-5-26-9)12(20)17-16(25-2)14(23)18-10(13(21)22)8(6-19)7-27-15(16)18/h3-5,11,15,19H,6-7H2,1-2H3,(H,17,20)(H,21,22)/t11-,15+,16-/m0/s1. The van der Waals surface area contributed by atoms with Gasteiger partial charge in [0.2, 0.25) is 0 Å². The number of rotatable bonds is 7. The molecule has 3 atom stereocenters. The van der Waals surface area contributed by atoms with Crippen molar-refractivity contribution >= 4 is 40.9 Å². The smallest absolute Gasteiger partial charge is 0.352 e. The van der Waals surface area contributed by atoms with E-state index in [1.165, 1.54) is 37.3 Å². The molecule has 1 saturated heterocycles. The largest absolute Gasteiger partial charge is 0.477 e. The van der Waals surface area contributed by atoms with Crippen LogP contribution in [0.2, 0.25) is 0 Å². The number of carbonyl (C=O) groups excluding carboxylic acids is 2. The average Bonchev–Trinajstić information content (AvgIpc) is 3.19. The number of carboxylic acid groups (broad SMARTS) is 1. The number of amides is 2. The molecule has 0 aromatic carbocycles. The number of carbonyl (C=O) groups is 3. The van der Waals surface area contributed by atoms with E-state index in [9.17, 15) is 24.6 Å². The van der Waals surface area contributed by atoms with E-state index in [0.717, 1.165) is 4.90 Å². The Morgan fingerprint density at radius 1 is 1.48 bits per heavy atom. The number of thioether (sulfide) groups is 1. The van der Waals surface area contributed by atoms with Crippen molar-refractivity contribution in [3.05, 3.63) is 33.7 Å². The topological polar surface area (TPSA) is 125 Å². The number of hydrogen-bond donors (Lipinski definition) is 3. The quantitative estimate of drug-likeness (QED) is 0.425. The third-order valence-corrected chi connectivity index (χ3v) is 6.70. The van der Waals surface area contributed by atoms with Crippen LogP contribution in [0.4, 0.5) is 0 Å². The molecule has 11 heteroatoms. The van der Waals surface area contributed by atoms with Gasteiger partial charge in [0.1, 0.15) is 11.1 Å². The Labute approximate surface area is 162 Å². The zero-order valence-electron chi connectivity index (χ0n) is 14.5. The van der Waals surface area contributed by atoms with E-state index in [0.29, 0.717) is 4.88 Å². The Morgan fingerprint density at radius 3 is 2.74 bits per heavy atom. The van der Waals surface area contributed by atoms with Crippen molar-refractivity contribution in [2.45, 2.75) is 17.2 Å². The number of hydrogen-bond acceptors (Lipinski definition) is 8. The Morgan fingerprint density at radius 2 is 2.22 bits per heavy atom. The normalized spacial score (nSPS) is 25.7. The molecule has 3 N–H and O–H groups in total. The first kappa shape index (κ1) is 19.8. The van der Waals surface area contributed by atoms with Crippen LogP contribution in [0.3, 0.4) is 0 Å². The lowest BCUT2D eigenvalue weighted by Gasteiger charge is -2.55. The van der Waals surface area contributed by atoms with E-state index in [4.69, 9.17) is 9.47 Å². The molecule has 0 saturated carbocycles. The van der Waals surface area contributed by atoms with Gasteiger partial charge in [0.25, 0.3) is 17.5 Å². The second kappa shape index (κ2) is 7.60. The number of aliphatic carboxylic acids is 1. The van der Waals surface area contributed by atoms with Gasteiger partial charge in [-0.3, -0.25) is 14.5 Å². The second-order valence-corrected chi connectivity index (χ2v) is 7.86. The molecule has 0 bridgehead atoms. The monoisotopic (exact) mass is 414 g/mol. The summed E-state index contributed by atoms with van der Waals surface area (Å²) >= 11 is 2.54. The van der Waals surface area contributed by atoms with E-state index in [1.54, 1.807) is 17.5 Å². The summed E-state index contributed by atoms with van der Waals surface area (Å²) in [6.07, 6.45) is -0.921. The van der Waals surface area contributed by atoms with E-state index in [2.05, 4.69) is 5.32 Å². The Bertz CT molecular complexity index is 795. The van der Waals surface area contributed by atoms with Gasteiger partial charge in [-0.1, -0.05) is 6.07 Å². The number of fused-ring (bicyclic) bond motifs is 1. The number of ether oxygens (including phenoxy) is 2. The molecule has 2 aliphatic heterocycles. The third-order valence-electron chi connectivity index (χ3n) is 4.41. The highest BCUT2D eigenvalue weighted by Gasteiger charge is 2.66. The van der Waals surface area contributed by atoms with Crippen LogP contribution < -0.4 is 5.32 Å². The van der Waals surface area contributed by atoms with Crippen molar-refractivity contribution in [2.75, 3.05) is 26.6 Å². The van der Waals surface area contributed by atoms with Crippen LogP contribution >= 0.6 is 23.1 Å². The number of carboxylic acids is 1. The van der Waals surface area contributed by atoms with Gasteiger partial charge in [0.15, 0.2) is 6.10 Å². The van der Waals surface area contributed by atoms with E-state index in [1.807, 2.05) is 0 Å². The molecule has 1 fully saturated rings. The predicted octanol–water partition coefficient (Wildman–Crippen LogP) is 0.141. The number of nitrogens with one attached hydrogen (secondary N) is 1. The number of β-lactam (4-membered cyclic amide) rings is 1. The fourth-order valence-electron chi connectivity index (χ4n) is 3.11. The van der Waals surface area contributed by atoms with Gasteiger partial charge >= 0.3 is 5.97 Å². The van der Waals surface area contributed by atoms with Gasteiger partial charge in [-0.15, -0.1) is 23.1 Å². The molecule has 146 valence electrons. The van der Waals surface area contributed by atoms with Crippen LogP contribution in [-0.2, 0) is 23.9 Å². The van der Waals surface area contributed by atoms with Crippen LogP contribution in [0.5, 0.6) is 0 Å². The first-order chi connectivity index (χ1) is 12.9. The number of thiophene rings is 1. The number of nitrogens with zero attached hydrogens (tertiary/aromatic N) is 1. The van der Waals surface area contributed by atoms with Crippen LogP contribution in [-0.4, -0.2) is 70.6 Å². The van der Waals surface area contributed by atoms with Crippen molar-refractivity contribution in [1.29, 1.82) is 0 Å². The molecule has 0 spiro atoms. The highest BCUT2D eigenvalue weighted by atomic mass is 32.2. The lowest BCUT2D eigenvalue weighted by atomic mass is 9.97. The van der Waals surface area contributed by atoms with Crippen LogP contribution in [0, 0.1) is 0 Å². The van der Waals surface area contributed by atoms with Gasteiger partial charge in [-0.25, -0.2) is 4.79 Å². The highest BCUT2D eigenvalue weighted by molar-refractivity contribution is 8.00. The van der Waals surface area contributed by atoms with E-state index < -0.39 is 41.6 Å². The van der Waals surface area contributed by atoms with Crippen LogP contribution in [0.25, 0.3) is 0 Å². The molecule has 3 rings (SSSR count). The third kappa shape index (κ3) is 3.05. The van der Waals surface area contributed by atoms with Crippen LogP contribution in [0.15, 0.2) is 28.8 Å². The fraction of sp³-hybridized carbons (Fsp3) is 0.438. The first-order valence-electron chi connectivity index (χ1n) is 7.86. The molecular formula is C16H18N2O7S2. The summed E-state index contributed by atoms with van der Waals surface area (Å²) in [4.78, 5) is 38.8. The maximum Gasteiger partial charge on any atom is 0.352 e. The Kier molecular flexibility index (Phi) is 5.58. The van der Waals surface area contributed by atoms with Gasteiger partial charge in [-0.05, 0) is 17.0 Å². The van der Waals surface area contributed by atoms with E-state index in [-0.39, 0.29) is 17.0 Å². The maximum absolute atomic E-state index is 12.8. The summed E-state index contributed by atoms with van der Waals surface area (Å²) in [5.74, 6) is -2.39. The molecule has 0 unspecified atom stereocenters. The first-order valence-corrected chi connectivity index (χ1v) is 9.79. The summed E-state index contributed by atoms with van der Waals surface area (Å²) in [6, 6.07) is 3.51. The van der Waals surface area contributed by atoms with Gasteiger partial charge < -0.3 is 25.0 Å². The Hall–Kier alpha value is -1.92. The minimum absolute atomic E-state index is 0.201. The van der Waals surface area contributed by atoms with E-state index >= 15 is 0 Å². The van der Waals surface area contributed by atoms with Crippen molar-refractivity contribution in [1.82, 2.24) is 10.2 Å². The van der Waals surface area contributed by atoms with Crippen molar-refractivity contribution in [3.8, 4) is 0 Å². The molecule has 0 radical (unpaired) electrons. The van der Waals surface area contributed by atoms with Crippen molar-refractivity contribution in [2.24, 2.45) is 0 Å². The Balaban J connectivity index is 1.87. The summed E-state index contributed by atoms with van der Waals surface area (Å²) in [5, 5.41) is 22.4. The lowest BCUT2D eigenvalue weighted by Crippen LogP contribution is -2.81. The minimum Gasteiger partial charge on any atom is -0.477 e. The predicted molar refractivity (Wildman–Crippen MR) is 96.8 cm³/mol. The lowest BCUT2D eigenvalue weighted by molar-refractivity contribution is -0.194. The zero-order valence-corrected chi connectivity index (χ0v) is 16.1. The average molecular weight is 414 g/mol. The molecule has 2 amide bonds. The van der Waals surface area contributed by atoms with Gasteiger partial charge in [0, 0.05) is 24.8 Å². The number of aliphatic hydroxyl groups excluding tert-OH is 1. The number of aliphatic hydroxyl groups is 1. The summed E-state index contributed by atoms with van der Waals surface area (Å²) in [6.45, 7) is -0.471. The van der Waals surface area contributed by atoms with Gasteiger partial charge in [-0.2, -0.15) is 0 Å². The second-order valence-electron chi connectivity index (χ2n) is 5.81. The highest BCUT2D eigenvalue weighted by Crippen LogP contribution is 2.46. The van der Waals surface area contributed by atoms with Gasteiger partial charge in [0.05, 0.1) is 6.61 Å². The summed E-state index contributed by atoms with van der Waals surface area (Å²) < 4.78 is 10.6. The molecule has 3 heterocycles. The molecule has 0 aliphatic carbocycles. The molecule has 9 nitrogen and oxygen atoms in total. The molecular weight excluding hydrogens is 396 g/mol. The zero-order chi connectivity index (χ0) is 19.8.